The smallest absolute Gasteiger partial charge is 0.0810 e. The van der Waals surface area contributed by atoms with Crippen LogP contribution in [0.5, 0.6) is 0 Å². The molecule has 0 fully saturated rings. The van der Waals surface area contributed by atoms with Gasteiger partial charge in [0.15, 0.2) is 0 Å². The van der Waals surface area contributed by atoms with Gasteiger partial charge in [-0.1, -0.05) is 20.8 Å². The van der Waals surface area contributed by atoms with Crippen LogP contribution in [0, 0.1) is 5.92 Å². The molecule has 0 spiro atoms. The van der Waals surface area contributed by atoms with Gasteiger partial charge in [-0.05, 0) is 24.6 Å². The van der Waals surface area contributed by atoms with Crippen LogP contribution >= 0.6 is 11.3 Å². The molecule has 1 aromatic heterocycles. The normalized spacial score (nSPS) is 11.3. The summed E-state index contributed by atoms with van der Waals surface area (Å²) in [5, 5.41) is 3.32. The van der Waals surface area contributed by atoms with E-state index in [1.54, 1.807) is 0 Å². The van der Waals surface area contributed by atoms with Gasteiger partial charge in [0.25, 0.3) is 0 Å². The Morgan fingerprint density at radius 2 is 1.89 bits per heavy atom. The maximum atomic E-state index is 5.58. The van der Waals surface area contributed by atoms with E-state index in [1.165, 1.54) is 9.75 Å². The van der Waals surface area contributed by atoms with Crippen LogP contribution in [0.4, 0.5) is 0 Å². The molecule has 0 saturated carbocycles. The van der Waals surface area contributed by atoms with E-state index in [0.717, 1.165) is 19.7 Å². The Morgan fingerprint density at radius 1 is 1.17 bits per heavy atom. The molecule has 0 aliphatic carbocycles. The van der Waals surface area contributed by atoms with Gasteiger partial charge >= 0.3 is 0 Å². The van der Waals surface area contributed by atoms with Gasteiger partial charge in [-0.2, -0.15) is 0 Å². The molecule has 0 atom stereocenters. The SMILES string of the molecule is CCNCc1ccc(COCCOCC(C)C)s1. The van der Waals surface area contributed by atoms with Crippen LogP contribution in [0.2, 0.25) is 0 Å². The van der Waals surface area contributed by atoms with Gasteiger partial charge in [-0.15, -0.1) is 11.3 Å². The van der Waals surface area contributed by atoms with Crippen LogP contribution in [0.3, 0.4) is 0 Å². The lowest BCUT2D eigenvalue weighted by molar-refractivity contribution is 0.0322. The molecule has 0 aromatic carbocycles. The predicted molar refractivity (Wildman–Crippen MR) is 77.0 cm³/mol. The summed E-state index contributed by atoms with van der Waals surface area (Å²) in [7, 11) is 0. The molecule has 0 unspecified atom stereocenters. The minimum absolute atomic E-state index is 0.593. The van der Waals surface area contributed by atoms with E-state index < -0.39 is 0 Å². The molecule has 104 valence electrons. The van der Waals surface area contributed by atoms with E-state index in [0.29, 0.717) is 25.7 Å². The highest BCUT2D eigenvalue weighted by molar-refractivity contribution is 7.11. The third-order valence-electron chi connectivity index (χ3n) is 2.33. The molecular weight excluding hydrogens is 246 g/mol. The summed E-state index contributed by atoms with van der Waals surface area (Å²) >= 11 is 1.81. The zero-order valence-corrected chi connectivity index (χ0v) is 12.5. The standard InChI is InChI=1S/C14H25NO2S/c1-4-15-9-13-5-6-14(18-13)11-17-8-7-16-10-12(2)3/h5-6,12,15H,4,7-11H2,1-3H3. The van der Waals surface area contributed by atoms with Crippen molar-refractivity contribution in [1.82, 2.24) is 5.32 Å². The number of hydrogen-bond donors (Lipinski definition) is 1. The second kappa shape index (κ2) is 9.50. The van der Waals surface area contributed by atoms with Gasteiger partial charge in [0, 0.05) is 22.9 Å². The maximum Gasteiger partial charge on any atom is 0.0810 e. The van der Waals surface area contributed by atoms with Crippen LogP contribution in [0.15, 0.2) is 12.1 Å². The Labute approximate surface area is 114 Å². The van der Waals surface area contributed by atoms with Gasteiger partial charge in [-0.3, -0.25) is 0 Å². The Morgan fingerprint density at radius 3 is 2.61 bits per heavy atom. The summed E-state index contributed by atoms with van der Waals surface area (Å²) in [5.74, 6) is 0.593. The zero-order chi connectivity index (χ0) is 13.2. The first-order chi connectivity index (χ1) is 8.72. The van der Waals surface area contributed by atoms with E-state index in [2.05, 4.69) is 38.2 Å². The van der Waals surface area contributed by atoms with Gasteiger partial charge in [-0.25, -0.2) is 0 Å². The Balaban J connectivity index is 2.06. The largest absolute Gasteiger partial charge is 0.379 e. The average Bonchev–Trinajstić information content (AvgIpc) is 2.78. The van der Waals surface area contributed by atoms with Crippen LogP contribution in [0.25, 0.3) is 0 Å². The molecule has 1 N–H and O–H groups in total. The molecule has 0 saturated heterocycles. The minimum atomic E-state index is 0.593. The lowest BCUT2D eigenvalue weighted by atomic mass is 10.2. The highest BCUT2D eigenvalue weighted by atomic mass is 32.1. The van der Waals surface area contributed by atoms with Gasteiger partial charge in [0.1, 0.15) is 0 Å². The van der Waals surface area contributed by atoms with Crippen LogP contribution in [-0.2, 0) is 22.6 Å². The van der Waals surface area contributed by atoms with Crippen molar-refractivity contribution in [3.8, 4) is 0 Å². The fourth-order valence-corrected chi connectivity index (χ4v) is 2.38. The van der Waals surface area contributed by atoms with Crippen LogP contribution in [-0.4, -0.2) is 26.4 Å². The first-order valence-corrected chi connectivity index (χ1v) is 7.47. The maximum absolute atomic E-state index is 5.58. The van der Waals surface area contributed by atoms with Crippen molar-refractivity contribution in [3.63, 3.8) is 0 Å². The van der Waals surface area contributed by atoms with E-state index in [4.69, 9.17) is 9.47 Å². The molecule has 1 heterocycles. The van der Waals surface area contributed by atoms with E-state index in [-0.39, 0.29) is 0 Å². The highest BCUT2D eigenvalue weighted by Crippen LogP contribution is 2.17. The highest BCUT2D eigenvalue weighted by Gasteiger charge is 2.00. The third kappa shape index (κ3) is 7.11. The first kappa shape index (κ1) is 15.6. The van der Waals surface area contributed by atoms with Crippen molar-refractivity contribution in [1.29, 1.82) is 0 Å². The molecule has 0 aliphatic heterocycles. The fraction of sp³-hybridized carbons (Fsp3) is 0.714. The molecule has 0 radical (unpaired) electrons. The molecule has 1 rings (SSSR count). The number of nitrogens with one attached hydrogen (secondary N) is 1. The van der Waals surface area contributed by atoms with Crippen LogP contribution < -0.4 is 5.32 Å². The molecular formula is C14H25NO2S. The van der Waals surface area contributed by atoms with Gasteiger partial charge < -0.3 is 14.8 Å². The average molecular weight is 271 g/mol. The number of hydrogen-bond acceptors (Lipinski definition) is 4. The summed E-state index contributed by atoms with van der Waals surface area (Å²) in [5.41, 5.74) is 0. The molecule has 0 amide bonds. The summed E-state index contributed by atoms with van der Waals surface area (Å²) in [6.07, 6.45) is 0. The second-order valence-electron chi connectivity index (χ2n) is 4.67. The monoisotopic (exact) mass is 271 g/mol. The van der Waals surface area contributed by atoms with Crippen molar-refractivity contribution in [3.05, 3.63) is 21.9 Å². The summed E-state index contributed by atoms with van der Waals surface area (Å²) in [4.78, 5) is 2.65. The molecule has 1 aromatic rings. The van der Waals surface area contributed by atoms with Crippen molar-refractivity contribution in [2.24, 2.45) is 5.92 Å². The summed E-state index contributed by atoms with van der Waals surface area (Å²) in [6.45, 7) is 11.3. The lowest BCUT2D eigenvalue weighted by Crippen LogP contribution is -2.10. The topological polar surface area (TPSA) is 30.5 Å². The van der Waals surface area contributed by atoms with Crippen molar-refractivity contribution in [2.75, 3.05) is 26.4 Å². The second-order valence-corrected chi connectivity index (χ2v) is 5.92. The number of thiophene rings is 1. The van der Waals surface area contributed by atoms with Gasteiger partial charge in [0.05, 0.1) is 19.8 Å². The summed E-state index contributed by atoms with van der Waals surface area (Å²) in [6, 6.07) is 4.31. The summed E-state index contributed by atoms with van der Waals surface area (Å²) < 4.78 is 11.0. The lowest BCUT2D eigenvalue weighted by Gasteiger charge is -2.06. The molecule has 4 heteroatoms. The third-order valence-corrected chi connectivity index (χ3v) is 3.39. The van der Waals surface area contributed by atoms with Crippen molar-refractivity contribution in [2.45, 2.75) is 33.9 Å². The fourth-order valence-electron chi connectivity index (χ4n) is 1.45. The van der Waals surface area contributed by atoms with Gasteiger partial charge in [0.2, 0.25) is 0 Å². The van der Waals surface area contributed by atoms with E-state index in [1.807, 2.05) is 11.3 Å². The number of rotatable bonds is 10. The molecule has 3 nitrogen and oxygen atoms in total. The van der Waals surface area contributed by atoms with Crippen molar-refractivity contribution < 1.29 is 9.47 Å². The quantitative estimate of drug-likeness (QED) is 0.664. The first-order valence-electron chi connectivity index (χ1n) is 6.66. The van der Waals surface area contributed by atoms with E-state index >= 15 is 0 Å². The predicted octanol–water partition coefficient (Wildman–Crippen LogP) is 3.05. The molecule has 0 aliphatic rings. The van der Waals surface area contributed by atoms with Crippen LogP contribution in [0.1, 0.15) is 30.5 Å². The zero-order valence-electron chi connectivity index (χ0n) is 11.7. The Hall–Kier alpha value is -0.420. The van der Waals surface area contributed by atoms with Crippen molar-refractivity contribution >= 4 is 11.3 Å². The molecule has 18 heavy (non-hydrogen) atoms. The minimum Gasteiger partial charge on any atom is -0.379 e. The molecule has 0 bridgehead atoms. The Bertz CT molecular complexity index is 312. The van der Waals surface area contributed by atoms with E-state index in [9.17, 15) is 0 Å². The number of ether oxygens (including phenoxy) is 2. The Kier molecular flexibility index (Phi) is 8.25.